The molecule has 1 unspecified atom stereocenters. The third-order valence-electron chi connectivity index (χ3n) is 3.58. The number of hydrogen-bond acceptors (Lipinski definition) is 4. The van der Waals surface area contributed by atoms with Crippen LogP contribution in [0, 0.1) is 5.92 Å². The Kier molecular flexibility index (Phi) is 5.22. The van der Waals surface area contributed by atoms with E-state index in [4.69, 9.17) is 4.74 Å². The molecule has 1 N–H and O–H groups in total. The van der Waals surface area contributed by atoms with Crippen LogP contribution in [0.3, 0.4) is 0 Å². The van der Waals surface area contributed by atoms with Crippen LogP contribution in [0.1, 0.15) is 40.2 Å². The Hall–Kier alpha value is -1.13. The molecule has 0 radical (unpaired) electrons. The van der Waals surface area contributed by atoms with Crippen molar-refractivity contribution in [3.8, 4) is 0 Å². The van der Waals surface area contributed by atoms with E-state index in [2.05, 4.69) is 62.0 Å². The summed E-state index contributed by atoms with van der Waals surface area (Å²) in [5.41, 5.74) is 1.12. The van der Waals surface area contributed by atoms with Crippen LogP contribution in [0.2, 0.25) is 0 Å². The zero-order valence-electron chi connectivity index (χ0n) is 14.0. The fourth-order valence-corrected chi connectivity index (χ4v) is 2.84. The number of anilines is 1. The van der Waals surface area contributed by atoms with Crippen molar-refractivity contribution in [1.82, 2.24) is 10.3 Å². The molecule has 1 fully saturated rings. The van der Waals surface area contributed by atoms with Crippen molar-refractivity contribution in [2.24, 2.45) is 5.92 Å². The van der Waals surface area contributed by atoms with E-state index >= 15 is 0 Å². The number of ether oxygens (including phenoxy) is 1. The summed E-state index contributed by atoms with van der Waals surface area (Å²) in [7, 11) is 0. The summed E-state index contributed by atoms with van der Waals surface area (Å²) in [5.74, 6) is 1.72. The van der Waals surface area contributed by atoms with Crippen LogP contribution in [-0.2, 0) is 11.3 Å². The smallest absolute Gasteiger partial charge is 0.128 e. The first-order valence-corrected chi connectivity index (χ1v) is 7.94. The van der Waals surface area contributed by atoms with Gasteiger partial charge in [0.25, 0.3) is 0 Å². The third-order valence-corrected chi connectivity index (χ3v) is 3.58. The van der Waals surface area contributed by atoms with Gasteiger partial charge in [0, 0.05) is 25.8 Å². The lowest BCUT2D eigenvalue weighted by Gasteiger charge is -2.42. The van der Waals surface area contributed by atoms with E-state index in [1.54, 1.807) is 0 Å². The highest BCUT2D eigenvalue weighted by Gasteiger charge is 2.31. The molecule has 118 valence electrons. The van der Waals surface area contributed by atoms with Gasteiger partial charge in [-0.15, -0.1) is 0 Å². The van der Waals surface area contributed by atoms with E-state index in [9.17, 15) is 0 Å². The molecule has 1 saturated heterocycles. The van der Waals surface area contributed by atoms with Crippen LogP contribution < -0.4 is 10.2 Å². The van der Waals surface area contributed by atoms with Gasteiger partial charge in [0.1, 0.15) is 5.82 Å². The zero-order valence-corrected chi connectivity index (χ0v) is 14.0. The topological polar surface area (TPSA) is 37.4 Å². The van der Waals surface area contributed by atoms with E-state index < -0.39 is 0 Å². The minimum atomic E-state index is -0.114. The van der Waals surface area contributed by atoms with Crippen molar-refractivity contribution in [3.63, 3.8) is 0 Å². The highest BCUT2D eigenvalue weighted by atomic mass is 16.5. The largest absolute Gasteiger partial charge is 0.369 e. The molecule has 0 aromatic carbocycles. The SMILES string of the molecule is CC(C)CNCc1ccc(N2CC(C)OC(C)(C)C2)nc1. The van der Waals surface area contributed by atoms with Gasteiger partial charge < -0.3 is 15.0 Å². The molecule has 1 aromatic heterocycles. The predicted molar refractivity (Wildman–Crippen MR) is 87.6 cm³/mol. The lowest BCUT2D eigenvalue weighted by Crippen LogP contribution is -2.52. The van der Waals surface area contributed by atoms with Gasteiger partial charge >= 0.3 is 0 Å². The summed E-state index contributed by atoms with van der Waals surface area (Å²) < 4.78 is 5.95. The molecule has 4 nitrogen and oxygen atoms in total. The Balaban J connectivity index is 1.95. The van der Waals surface area contributed by atoms with Crippen LogP contribution in [0.15, 0.2) is 18.3 Å². The number of aromatic nitrogens is 1. The van der Waals surface area contributed by atoms with Crippen molar-refractivity contribution in [2.45, 2.75) is 52.9 Å². The molecule has 2 heterocycles. The lowest BCUT2D eigenvalue weighted by atomic mass is 10.1. The van der Waals surface area contributed by atoms with Gasteiger partial charge in [-0.25, -0.2) is 4.98 Å². The summed E-state index contributed by atoms with van der Waals surface area (Å²) in [6, 6.07) is 4.29. The Morgan fingerprint density at radius 1 is 1.43 bits per heavy atom. The van der Waals surface area contributed by atoms with E-state index in [0.717, 1.165) is 32.0 Å². The number of nitrogens with one attached hydrogen (secondary N) is 1. The second-order valence-corrected chi connectivity index (χ2v) is 7.12. The fraction of sp³-hybridized carbons (Fsp3) is 0.706. The summed E-state index contributed by atoms with van der Waals surface area (Å²) in [6.45, 7) is 14.5. The van der Waals surface area contributed by atoms with E-state index in [0.29, 0.717) is 5.92 Å². The maximum absolute atomic E-state index is 5.95. The van der Waals surface area contributed by atoms with Crippen molar-refractivity contribution < 1.29 is 4.74 Å². The number of hydrogen-bond donors (Lipinski definition) is 1. The van der Waals surface area contributed by atoms with Crippen LogP contribution in [0.5, 0.6) is 0 Å². The fourth-order valence-electron chi connectivity index (χ4n) is 2.84. The highest BCUT2D eigenvalue weighted by Crippen LogP contribution is 2.24. The highest BCUT2D eigenvalue weighted by molar-refractivity contribution is 5.40. The monoisotopic (exact) mass is 291 g/mol. The molecule has 0 spiro atoms. The van der Waals surface area contributed by atoms with E-state index in [-0.39, 0.29) is 11.7 Å². The first kappa shape index (κ1) is 16.2. The quantitative estimate of drug-likeness (QED) is 0.905. The van der Waals surface area contributed by atoms with Gasteiger partial charge in [0.05, 0.1) is 11.7 Å². The number of rotatable bonds is 5. The summed E-state index contributed by atoms with van der Waals surface area (Å²) in [5, 5.41) is 3.45. The summed E-state index contributed by atoms with van der Waals surface area (Å²) in [4.78, 5) is 6.95. The minimum absolute atomic E-state index is 0.114. The first-order chi connectivity index (χ1) is 9.85. The normalized spacial score (nSPS) is 21.8. The molecule has 0 bridgehead atoms. The van der Waals surface area contributed by atoms with Crippen LogP contribution in [0.4, 0.5) is 5.82 Å². The molecular weight excluding hydrogens is 262 g/mol. The van der Waals surface area contributed by atoms with E-state index in [1.165, 1.54) is 5.56 Å². The van der Waals surface area contributed by atoms with Crippen LogP contribution >= 0.6 is 0 Å². The molecule has 4 heteroatoms. The molecule has 1 atom stereocenters. The van der Waals surface area contributed by atoms with Gasteiger partial charge in [0.2, 0.25) is 0 Å². The van der Waals surface area contributed by atoms with Crippen molar-refractivity contribution in [1.29, 1.82) is 0 Å². The Morgan fingerprint density at radius 3 is 2.76 bits per heavy atom. The Labute approximate surface area is 128 Å². The minimum Gasteiger partial charge on any atom is -0.369 e. The van der Waals surface area contributed by atoms with Gasteiger partial charge in [0.15, 0.2) is 0 Å². The maximum Gasteiger partial charge on any atom is 0.128 e. The van der Waals surface area contributed by atoms with Gasteiger partial charge in [-0.3, -0.25) is 0 Å². The van der Waals surface area contributed by atoms with Crippen molar-refractivity contribution >= 4 is 5.82 Å². The van der Waals surface area contributed by atoms with Gasteiger partial charge in [-0.05, 0) is 44.9 Å². The lowest BCUT2D eigenvalue weighted by molar-refractivity contribution is -0.0751. The maximum atomic E-state index is 5.95. The summed E-state index contributed by atoms with van der Waals surface area (Å²) in [6.07, 6.45) is 2.22. The molecule has 0 saturated carbocycles. The predicted octanol–water partition coefficient (Wildman–Crippen LogP) is 2.83. The molecule has 0 aliphatic carbocycles. The Morgan fingerprint density at radius 2 is 2.19 bits per heavy atom. The number of morpholine rings is 1. The molecule has 1 aliphatic heterocycles. The molecule has 21 heavy (non-hydrogen) atoms. The second kappa shape index (κ2) is 6.75. The van der Waals surface area contributed by atoms with Crippen molar-refractivity contribution in [2.75, 3.05) is 24.5 Å². The van der Waals surface area contributed by atoms with Gasteiger partial charge in [-0.2, -0.15) is 0 Å². The first-order valence-electron chi connectivity index (χ1n) is 7.94. The van der Waals surface area contributed by atoms with Gasteiger partial charge in [-0.1, -0.05) is 19.9 Å². The van der Waals surface area contributed by atoms with E-state index in [1.807, 2.05) is 6.20 Å². The van der Waals surface area contributed by atoms with Crippen LogP contribution in [-0.4, -0.2) is 36.3 Å². The Bertz CT molecular complexity index is 442. The third kappa shape index (κ3) is 4.97. The standard InChI is InChI=1S/C17H29N3O/c1-13(2)8-18-9-15-6-7-16(19-10-15)20-11-14(3)21-17(4,5)12-20/h6-7,10,13-14,18H,8-9,11-12H2,1-5H3. The molecule has 2 rings (SSSR count). The second-order valence-electron chi connectivity index (χ2n) is 7.12. The molecule has 0 amide bonds. The average molecular weight is 291 g/mol. The zero-order chi connectivity index (χ0) is 15.5. The number of pyridine rings is 1. The molecular formula is C17H29N3O. The average Bonchev–Trinajstić information content (AvgIpc) is 2.36. The molecule has 1 aromatic rings. The molecule has 1 aliphatic rings. The van der Waals surface area contributed by atoms with Crippen molar-refractivity contribution in [3.05, 3.63) is 23.9 Å². The number of nitrogens with zero attached hydrogens (tertiary/aromatic N) is 2. The van der Waals surface area contributed by atoms with Crippen LogP contribution in [0.25, 0.3) is 0 Å². The summed E-state index contributed by atoms with van der Waals surface area (Å²) >= 11 is 0.